The van der Waals surface area contributed by atoms with E-state index >= 15 is 0 Å². The van der Waals surface area contributed by atoms with E-state index in [9.17, 15) is 9.59 Å². The first-order valence-electron chi connectivity index (χ1n) is 5.99. The van der Waals surface area contributed by atoms with Crippen LogP contribution < -0.4 is 11.5 Å². The molecule has 0 aromatic heterocycles. The van der Waals surface area contributed by atoms with Gasteiger partial charge in [0.25, 0.3) is 5.91 Å². The summed E-state index contributed by atoms with van der Waals surface area (Å²) >= 11 is 0. The van der Waals surface area contributed by atoms with Crippen molar-refractivity contribution in [3.05, 3.63) is 35.4 Å². The maximum atomic E-state index is 12.2. The Balaban J connectivity index is 2.05. The highest BCUT2D eigenvalue weighted by atomic mass is 16.2. The molecular weight excluding hydrogens is 230 g/mol. The highest BCUT2D eigenvalue weighted by molar-refractivity contribution is 5.95. The van der Waals surface area contributed by atoms with Gasteiger partial charge < -0.3 is 16.4 Å². The number of primary amides is 1. The number of hydrogen-bond donors (Lipinski definition) is 2. The molecule has 1 aromatic carbocycles. The van der Waals surface area contributed by atoms with Gasteiger partial charge in [-0.1, -0.05) is 12.1 Å². The van der Waals surface area contributed by atoms with Crippen molar-refractivity contribution in [1.82, 2.24) is 4.90 Å². The molecule has 1 saturated heterocycles. The van der Waals surface area contributed by atoms with Gasteiger partial charge in [0.15, 0.2) is 0 Å². The summed E-state index contributed by atoms with van der Waals surface area (Å²) in [7, 11) is 0. The Morgan fingerprint density at radius 3 is 2.44 bits per heavy atom. The highest BCUT2D eigenvalue weighted by Crippen LogP contribution is 2.18. The van der Waals surface area contributed by atoms with Crippen LogP contribution in [0.25, 0.3) is 0 Å². The molecule has 2 rings (SSSR count). The summed E-state index contributed by atoms with van der Waals surface area (Å²) in [6.07, 6.45) is 0.655. The van der Waals surface area contributed by atoms with Crippen molar-refractivity contribution in [2.24, 2.45) is 17.4 Å². The summed E-state index contributed by atoms with van der Waals surface area (Å²) in [6, 6.07) is 7.22. The summed E-state index contributed by atoms with van der Waals surface area (Å²) in [5, 5.41) is 0. The van der Waals surface area contributed by atoms with E-state index in [0.29, 0.717) is 31.6 Å². The molecular formula is C13H17N3O2. The number of nitrogens with two attached hydrogens (primary N) is 2. The Kier molecular flexibility index (Phi) is 3.62. The molecule has 1 atom stereocenters. The Morgan fingerprint density at radius 1 is 1.28 bits per heavy atom. The van der Waals surface area contributed by atoms with Crippen LogP contribution in [0.2, 0.25) is 0 Å². The largest absolute Gasteiger partial charge is 0.369 e. The second-order valence-electron chi connectivity index (χ2n) is 4.54. The van der Waals surface area contributed by atoms with Crippen LogP contribution in [0.15, 0.2) is 24.3 Å². The highest BCUT2D eigenvalue weighted by Gasteiger charge is 2.29. The van der Waals surface area contributed by atoms with Crippen molar-refractivity contribution in [3.8, 4) is 0 Å². The molecule has 0 spiro atoms. The maximum Gasteiger partial charge on any atom is 0.253 e. The molecule has 5 nitrogen and oxygen atoms in total. The van der Waals surface area contributed by atoms with Crippen LogP contribution >= 0.6 is 0 Å². The van der Waals surface area contributed by atoms with E-state index < -0.39 is 0 Å². The zero-order chi connectivity index (χ0) is 13.1. The SMILES string of the molecule is NCc1ccc(C(=O)N2CCC(C(N)=O)C2)cc1. The third kappa shape index (κ3) is 2.51. The van der Waals surface area contributed by atoms with E-state index in [-0.39, 0.29) is 17.7 Å². The summed E-state index contributed by atoms with van der Waals surface area (Å²) in [4.78, 5) is 24.9. The summed E-state index contributed by atoms with van der Waals surface area (Å²) in [5.74, 6) is -0.594. The number of carbonyl (C=O) groups excluding carboxylic acids is 2. The lowest BCUT2D eigenvalue weighted by molar-refractivity contribution is -0.121. The van der Waals surface area contributed by atoms with Crippen molar-refractivity contribution in [2.75, 3.05) is 13.1 Å². The first-order chi connectivity index (χ1) is 8.61. The quantitative estimate of drug-likeness (QED) is 0.793. The minimum atomic E-state index is -0.330. The van der Waals surface area contributed by atoms with Crippen molar-refractivity contribution >= 4 is 11.8 Å². The number of carbonyl (C=O) groups is 2. The second-order valence-corrected chi connectivity index (χ2v) is 4.54. The molecule has 1 unspecified atom stereocenters. The van der Waals surface area contributed by atoms with Crippen molar-refractivity contribution < 1.29 is 9.59 Å². The third-order valence-corrected chi connectivity index (χ3v) is 3.31. The lowest BCUT2D eigenvalue weighted by atomic mass is 10.1. The number of benzene rings is 1. The maximum absolute atomic E-state index is 12.2. The van der Waals surface area contributed by atoms with Crippen LogP contribution in [0, 0.1) is 5.92 Å². The van der Waals surface area contributed by atoms with Crippen LogP contribution in [0.4, 0.5) is 0 Å². The normalized spacial score (nSPS) is 18.9. The standard InChI is InChI=1S/C13H17N3O2/c14-7-9-1-3-10(4-2-9)13(18)16-6-5-11(8-16)12(15)17/h1-4,11H,5-8,14H2,(H2,15,17). The molecule has 0 radical (unpaired) electrons. The van der Waals surface area contributed by atoms with Gasteiger partial charge in [0.1, 0.15) is 0 Å². The number of likely N-dealkylation sites (tertiary alicyclic amines) is 1. The van der Waals surface area contributed by atoms with E-state index in [2.05, 4.69) is 0 Å². The number of rotatable bonds is 3. The zero-order valence-electron chi connectivity index (χ0n) is 10.1. The van der Waals surface area contributed by atoms with Crippen molar-refractivity contribution in [1.29, 1.82) is 0 Å². The summed E-state index contributed by atoms with van der Waals surface area (Å²) in [5.41, 5.74) is 12.4. The molecule has 96 valence electrons. The molecule has 2 amide bonds. The number of nitrogens with zero attached hydrogens (tertiary/aromatic N) is 1. The number of hydrogen-bond acceptors (Lipinski definition) is 3. The van der Waals surface area contributed by atoms with Crippen LogP contribution in [0.5, 0.6) is 0 Å². The van der Waals surface area contributed by atoms with Gasteiger partial charge in [0.05, 0.1) is 5.92 Å². The van der Waals surface area contributed by atoms with Gasteiger partial charge in [0.2, 0.25) is 5.91 Å². The Labute approximate surface area is 106 Å². The average Bonchev–Trinajstić information content (AvgIpc) is 2.88. The fraction of sp³-hybridized carbons (Fsp3) is 0.385. The van der Waals surface area contributed by atoms with Gasteiger partial charge in [0, 0.05) is 25.2 Å². The van der Waals surface area contributed by atoms with E-state index in [0.717, 1.165) is 5.56 Å². The molecule has 1 fully saturated rings. The molecule has 0 saturated carbocycles. The van der Waals surface area contributed by atoms with Gasteiger partial charge in [-0.2, -0.15) is 0 Å². The first-order valence-corrected chi connectivity index (χ1v) is 5.99. The summed E-state index contributed by atoms with van der Waals surface area (Å²) in [6.45, 7) is 1.47. The second kappa shape index (κ2) is 5.18. The van der Waals surface area contributed by atoms with Gasteiger partial charge in [-0.15, -0.1) is 0 Å². The minimum absolute atomic E-state index is 0.0534. The molecule has 1 aromatic rings. The Morgan fingerprint density at radius 2 is 1.94 bits per heavy atom. The third-order valence-electron chi connectivity index (χ3n) is 3.31. The zero-order valence-corrected chi connectivity index (χ0v) is 10.1. The van der Waals surface area contributed by atoms with Gasteiger partial charge in [-0.05, 0) is 24.1 Å². The molecule has 0 aliphatic carbocycles. The molecule has 18 heavy (non-hydrogen) atoms. The van der Waals surface area contributed by atoms with E-state index in [1.165, 1.54) is 0 Å². The smallest absolute Gasteiger partial charge is 0.253 e. The van der Waals surface area contributed by atoms with E-state index in [1.54, 1.807) is 17.0 Å². The lowest BCUT2D eigenvalue weighted by Gasteiger charge is -2.16. The molecule has 5 heteroatoms. The van der Waals surface area contributed by atoms with Crippen LogP contribution in [-0.2, 0) is 11.3 Å². The predicted octanol–water partition coefficient (Wildman–Crippen LogP) is 0.0927. The van der Waals surface area contributed by atoms with Crippen LogP contribution in [0.1, 0.15) is 22.3 Å². The van der Waals surface area contributed by atoms with E-state index in [4.69, 9.17) is 11.5 Å². The van der Waals surface area contributed by atoms with Gasteiger partial charge >= 0.3 is 0 Å². The van der Waals surface area contributed by atoms with Crippen LogP contribution in [-0.4, -0.2) is 29.8 Å². The fourth-order valence-corrected chi connectivity index (χ4v) is 2.14. The number of amides is 2. The summed E-state index contributed by atoms with van der Waals surface area (Å²) < 4.78 is 0. The molecule has 1 aliphatic rings. The van der Waals surface area contributed by atoms with E-state index in [1.807, 2.05) is 12.1 Å². The van der Waals surface area contributed by atoms with Crippen LogP contribution in [0.3, 0.4) is 0 Å². The Hall–Kier alpha value is -1.88. The lowest BCUT2D eigenvalue weighted by Crippen LogP contribution is -2.31. The average molecular weight is 247 g/mol. The molecule has 4 N–H and O–H groups in total. The topological polar surface area (TPSA) is 89.4 Å². The minimum Gasteiger partial charge on any atom is -0.369 e. The Bertz CT molecular complexity index is 456. The first kappa shape index (κ1) is 12.6. The van der Waals surface area contributed by atoms with Gasteiger partial charge in [-0.3, -0.25) is 9.59 Å². The van der Waals surface area contributed by atoms with Gasteiger partial charge in [-0.25, -0.2) is 0 Å². The monoisotopic (exact) mass is 247 g/mol. The molecule has 1 aliphatic heterocycles. The molecule has 1 heterocycles. The van der Waals surface area contributed by atoms with Crippen molar-refractivity contribution in [3.63, 3.8) is 0 Å². The molecule has 0 bridgehead atoms. The predicted molar refractivity (Wildman–Crippen MR) is 67.5 cm³/mol. The fourth-order valence-electron chi connectivity index (χ4n) is 2.14. The van der Waals surface area contributed by atoms with Crippen molar-refractivity contribution in [2.45, 2.75) is 13.0 Å².